The standard InChI is InChI=1S/C22H13Cl2N3O/c23-14-6-4-13(5-7-14)21-19(27-10-2-1-3-20(27)26-21)12-17-16-9-8-15(24)11-18(16)25-22(17)28/h1-12H,(H,25,28)/b17-12+. The minimum atomic E-state index is -0.162. The summed E-state index contributed by atoms with van der Waals surface area (Å²) in [7, 11) is 0. The average Bonchev–Trinajstić information content (AvgIpc) is 3.20. The maximum Gasteiger partial charge on any atom is 0.256 e. The zero-order valence-electron chi connectivity index (χ0n) is 14.5. The minimum absolute atomic E-state index is 0.162. The van der Waals surface area contributed by atoms with Gasteiger partial charge in [0, 0.05) is 27.4 Å². The molecule has 1 N–H and O–H groups in total. The molecule has 6 heteroatoms. The Kier molecular flexibility index (Phi) is 3.97. The van der Waals surface area contributed by atoms with Crippen molar-refractivity contribution in [1.29, 1.82) is 0 Å². The molecule has 0 spiro atoms. The molecule has 0 atom stereocenters. The number of nitrogens with zero attached hydrogens (tertiary/aromatic N) is 2. The molecule has 3 heterocycles. The number of carbonyl (C=O) groups excluding carboxylic acids is 1. The van der Waals surface area contributed by atoms with Gasteiger partial charge in [-0.05, 0) is 42.5 Å². The van der Waals surface area contributed by atoms with Gasteiger partial charge in [0.15, 0.2) is 0 Å². The SMILES string of the molecule is O=C1Nc2cc(Cl)ccc2/C1=C\c1c(-c2ccc(Cl)cc2)nc2ccccn12. The molecule has 0 aliphatic carbocycles. The molecule has 4 nitrogen and oxygen atoms in total. The number of hydrogen-bond donors (Lipinski definition) is 1. The quantitative estimate of drug-likeness (QED) is 0.428. The second-order valence-corrected chi connectivity index (χ2v) is 7.36. The van der Waals surface area contributed by atoms with E-state index in [1.54, 1.807) is 12.1 Å². The predicted octanol–water partition coefficient (Wildman–Crippen LogP) is 5.80. The van der Waals surface area contributed by atoms with Gasteiger partial charge < -0.3 is 5.32 Å². The highest BCUT2D eigenvalue weighted by Crippen LogP contribution is 2.36. The lowest BCUT2D eigenvalue weighted by molar-refractivity contribution is -0.110. The summed E-state index contributed by atoms with van der Waals surface area (Å²) in [5.74, 6) is -0.162. The van der Waals surface area contributed by atoms with Crippen LogP contribution in [-0.4, -0.2) is 15.3 Å². The van der Waals surface area contributed by atoms with E-state index in [2.05, 4.69) is 5.32 Å². The molecular formula is C22H13Cl2N3O. The number of halogens is 2. The van der Waals surface area contributed by atoms with Crippen LogP contribution in [0.15, 0.2) is 66.9 Å². The maximum absolute atomic E-state index is 12.6. The molecule has 5 rings (SSSR count). The van der Waals surface area contributed by atoms with Crippen molar-refractivity contribution in [2.75, 3.05) is 5.32 Å². The largest absolute Gasteiger partial charge is 0.321 e. The molecule has 0 saturated carbocycles. The highest BCUT2D eigenvalue weighted by molar-refractivity contribution is 6.36. The van der Waals surface area contributed by atoms with Crippen LogP contribution in [0.25, 0.3) is 28.6 Å². The van der Waals surface area contributed by atoms with E-state index in [4.69, 9.17) is 28.2 Å². The van der Waals surface area contributed by atoms with Gasteiger partial charge in [-0.3, -0.25) is 9.20 Å². The molecule has 28 heavy (non-hydrogen) atoms. The van der Waals surface area contributed by atoms with Gasteiger partial charge in [-0.25, -0.2) is 4.98 Å². The normalized spacial score (nSPS) is 14.5. The molecule has 1 aliphatic rings. The zero-order chi connectivity index (χ0) is 19.3. The number of rotatable bonds is 2. The van der Waals surface area contributed by atoms with Crippen molar-refractivity contribution in [3.63, 3.8) is 0 Å². The number of hydrogen-bond acceptors (Lipinski definition) is 2. The van der Waals surface area contributed by atoms with E-state index in [1.807, 2.05) is 65.2 Å². The fourth-order valence-electron chi connectivity index (χ4n) is 3.42. The van der Waals surface area contributed by atoms with Gasteiger partial charge in [-0.2, -0.15) is 0 Å². The molecule has 1 amide bonds. The van der Waals surface area contributed by atoms with Gasteiger partial charge >= 0.3 is 0 Å². The second kappa shape index (κ2) is 6.51. The Bertz CT molecular complexity index is 1270. The molecule has 0 unspecified atom stereocenters. The summed E-state index contributed by atoms with van der Waals surface area (Å²) in [5, 5.41) is 4.12. The summed E-state index contributed by atoms with van der Waals surface area (Å²) >= 11 is 12.1. The fourth-order valence-corrected chi connectivity index (χ4v) is 3.72. The summed E-state index contributed by atoms with van der Waals surface area (Å²) in [5.41, 5.74) is 5.45. The summed E-state index contributed by atoms with van der Waals surface area (Å²) in [4.78, 5) is 17.4. The topological polar surface area (TPSA) is 46.4 Å². The molecule has 0 saturated heterocycles. The van der Waals surface area contributed by atoms with Gasteiger partial charge in [0.05, 0.1) is 22.6 Å². The molecule has 0 bridgehead atoms. The lowest BCUT2D eigenvalue weighted by atomic mass is 10.0. The first-order valence-electron chi connectivity index (χ1n) is 8.66. The average molecular weight is 406 g/mol. The first kappa shape index (κ1) is 17.0. The zero-order valence-corrected chi connectivity index (χ0v) is 16.0. The minimum Gasteiger partial charge on any atom is -0.321 e. The van der Waals surface area contributed by atoms with Gasteiger partial charge in [0.1, 0.15) is 5.65 Å². The predicted molar refractivity (Wildman–Crippen MR) is 114 cm³/mol. The third-order valence-electron chi connectivity index (χ3n) is 4.73. The van der Waals surface area contributed by atoms with Crippen molar-refractivity contribution in [2.45, 2.75) is 0 Å². The third kappa shape index (κ3) is 2.78. The van der Waals surface area contributed by atoms with Crippen LogP contribution in [0.5, 0.6) is 0 Å². The van der Waals surface area contributed by atoms with Crippen LogP contribution < -0.4 is 5.32 Å². The molecule has 4 aromatic rings. The van der Waals surface area contributed by atoms with E-state index in [0.717, 1.165) is 28.2 Å². The van der Waals surface area contributed by atoms with Crippen molar-refractivity contribution in [3.05, 3.63) is 88.2 Å². The molecular weight excluding hydrogens is 393 g/mol. The highest BCUT2D eigenvalue weighted by atomic mass is 35.5. The van der Waals surface area contributed by atoms with Crippen LogP contribution in [0.1, 0.15) is 11.3 Å². The van der Waals surface area contributed by atoms with Crippen molar-refractivity contribution < 1.29 is 4.79 Å². The van der Waals surface area contributed by atoms with E-state index in [-0.39, 0.29) is 5.91 Å². The van der Waals surface area contributed by atoms with Gasteiger partial charge in [0.25, 0.3) is 5.91 Å². The van der Waals surface area contributed by atoms with Crippen LogP contribution in [0.4, 0.5) is 5.69 Å². The fraction of sp³-hybridized carbons (Fsp3) is 0. The number of benzene rings is 2. The first-order valence-corrected chi connectivity index (χ1v) is 9.42. The summed E-state index contributed by atoms with van der Waals surface area (Å²) in [6, 6.07) is 18.7. The van der Waals surface area contributed by atoms with Crippen molar-refractivity contribution in [1.82, 2.24) is 9.38 Å². The number of aromatic nitrogens is 2. The van der Waals surface area contributed by atoms with Crippen LogP contribution in [0.2, 0.25) is 10.0 Å². The Hall–Kier alpha value is -3.08. The number of anilines is 1. The smallest absolute Gasteiger partial charge is 0.256 e. The number of pyridine rings is 1. The Balaban J connectivity index is 1.75. The van der Waals surface area contributed by atoms with Gasteiger partial charge in [-0.15, -0.1) is 0 Å². The number of fused-ring (bicyclic) bond motifs is 2. The van der Waals surface area contributed by atoms with Gasteiger partial charge in [-0.1, -0.05) is 47.5 Å². The lowest BCUT2D eigenvalue weighted by Crippen LogP contribution is -2.04. The van der Waals surface area contributed by atoms with Crippen LogP contribution in [0.3, 0.4) is 0 Å². The Morgan fingerprint density at radius 1 is 0.964 bits per heavy atom. The van der Waals surface area contributed by atoms with Crippen LogP contribution in [-0.2, 0) is 4.79 Å². The van der Waals surface area contributed by atoms with E-state index in [1.165, 1.54) is 0 Å². The number of nitrogens with one attached hydrogen (secondary N) is 1. The first-order chi connectivity index (χ1) is 13.6. The van der Waals surface area contributed by atoms with Crippen LogP contribution >= 0.6 is 23.2 Å². The van der Waals surface area contributed by atoms with Crippen molar-refractivity contribution >= 4 is 52.1 Å². The number of carbonyl (C=O) groups is 1. The summed E-state index contributed by atoms with van der Waals surface area (Å²) in [6.07, 6.45) is 3.81. The third-order valence-corrected chi connectivity index (χ3v) is 5.22. The monoisotopic (exact) mass is 405 g/mol. The molecule has 1 aliphatic heterocycles. The summed E-state index contributed by atoms with van der Waals surface area (Å²) < 4.78 is 1.97. The molecule has 2 aromatic carbocycles. The van der Waals surface area contributed by atoms with E-state index in [0.29, 0.717) is 21.3 Å². The summed E-state index contributed by atoms with van der Waals surface area (Å²) in [6.45, 7) is 0. The second-order valence-electron chi connectivity index (χ2n) is 6.48. The lowest BCUT2D eigenvalue weighted by Gasteiger charge is -2.03. The Labute approximate surface area is 171 Å². The number of imidazole rings is 1. The van der Waals surface area contributed by atoms with E-state index < -0.39 is 0 Å². The Morgan fingerprint density at radius 2 is 1.75 bits per heavy atom. The van der Waals surface area contributed by atoms with Crippen molar-refractivity contribution in [2.24, 2.45) is 0 Å². The van der Waals surface area contributed by atoms with Gasteiger partial charge in [0.2, 0.25) is 0 Å². The molecule has 0 radical (unpaired) electrons. The van der Waals surface area contributed by atoms with Crippen LogP contribution in [0, 0.1) is 0 Å². The Morgan fingerprint density at radius 3 is 2.57 bits per heavy atom. The van der Waals surface area contributed by atoms with E-state index in [9.17, 15) is 4.79 Å². The highest BCUT2D eigenvalue weighted by Gasteiger charge is 2.25. The van der Waals surface area contributed by atoms with Crippen molar-refractivity contribution in [3.8, 4) is 11.3 Å². The number of amides is 1. The maximum atomic E-state index is 12.6. The molecule has 0 fully saturated rings. The van der Waals surface area contributed by atoms with E-state index >= 15 is 0 Å². The molecule has 136 valence electrons. The molecule has 2 aromatic heterocycles.